The van der Waals surface area contributed by atoms with E-state index in [1.54, 1.807) is 0 Å². The quantitative estimate of drug-likeness (QED) is 0.562. The summed E-state index contributed by atoms with van der Waals surface area (Å²) >= 11 is 0. The lowest BCUT2D eigenvalue weighted by atomic mass is 9.95. The molecule has 0 aromatic rings. The molecule has 0 bridgehead atoms. The van der Waals surface area contributed by atoms with E-state index >= 15 is 0 Å². The van der Waals surface area contributed by atoms with Gasteiger partial charge in [0.25, 0.3) is 0 Å². The van der Waals surface area contributed by atoms with Crippen LogP contribution in [0.15, 0.2) is 0 Å². The van der Waals surface area contributed by atoms with Gasteiger partial charge in [0, 0.05) is 12.6 Å². The Morgan fingerprint density at radius 3 is 3.00 bits per heavy atom. The molecule has 1 aliphatic rings. The van der Waals surface area contributed by atoms with Crippen molar-refractivity contribution < 1.29 is 9.84 Å². The van der Waals surface area contributed by atoms with Gasteiger partial charge < -0.3 is 15.6 Å². The fourth-order valence-electron chi connectivity index (χ4n) is 1.25. The van der Waals surface area contributed by atoms with Gasteiger partial charge in [0.2, 0.25) is 0 Å². The van der Waals surface area contributed by atoms with Crippen molar-refractivity contribution in [1.82, 2.24) is 0 Å². The molecule has 0 aliphatic carbocycles. The summed E-state index contributed by atoms with van der Waals surface area (Å²) < 4.78 is 5.21. The number of aliphatic hydroxyl groups is 1. The summed E-state index contributed by atoms with van der Waals surface area (Å²) in [5.74, 6) is 0.374. The van der Waals surface area contributed by atoms with E-state index in [1.807, 2.05) is 0 Å². The molecule has 1 aliphatic heterocycles. The van der Waals surface area contributed by atoms with Crippen LogP contribution >= 0.6 is 0 Å². The first-order valence-electron chi connectivity index (χ1n) is 3.78. The fraction of sp³-hybridized carbons (Fsp3) is 1.00. The highest BCUT2D eigenvalue weighted by Crippen LogP contribution is 2.15. The van der Waals surface area contributed by atoms with Crippen molar-refractivity contribution in [2.45, 2.75) is 18.9 Å². The van der Waals surface area contributed by atoms with Gasteiger partial charge in [-0.2, -0.15) is 0 Å². The Bertz CT molecular complexity index is 91.6. The van der Waals surface area contributed by atoms with Gasteiger partial charge >= 0.3 is 0 Å². The molecule has 0 aromatic carbocycles. The molecule has 60 valence electrons. The smallest absolute Gasteiger partial charge is 0.0586 e. The summed E-state index contributed by atoms with van der Waals surface area (Å²) in [6.45, 7) is 1.66. The van der Waals surface area contributed by atoms with Crippen molar-refractivity contribution in [1.29, 1.82) is 0 Å². The number of aliphatic hydroxyl groups excluding tert-OH is 1. The van der Waals surface area contributed by atoms with E-state index in [0.29, 0.717) is 5.92 Å². The van der Waals surface area contributed by atoms with E-state index in [4.69, 9.17) is 15.6 Å². The Labute approximate surface area is 61.2 Å². The van der Waals surface area contributed by atoms with Gasteiger partial charge in [-0.3, -0.25) is 0 Å². The highest BCUT2D eigenvalue weighted by Gasteiger charge is 2.19. The average molecular weight is 145 g/mol. The lowest BCUT2D eigenvalue weighted by Gasteiger charge is -2.25. The maximum absolute atomic E-state index is 8.71. The summed E-state index contributed by atoms with van der Waals surface area (Å²) in [6.07, 6.45) is 2.18. The standard InChI is InChI=1S/C7H15NO2/c8-7(4-9)6-2-1-3-10-5-6/h6-7,9H,1-5,8H2/t6?,7-/m1/s1. The van der Waals surface area contributed by atoms with Crippen molar-refractivity contribution in [2.75, 3.05) is 19.8 Å². The number of nitrogens with two attached hydrogens (primary N) is 1. The molecule has 0 radical (unpaired) electrons. The van der Waals surface area contributed by atoms with E-state index in [9.17, 15) is 0 Å². The van der Waals surface area contributed by atoms with Gasteiger partial charge in [-0.15, -0.1) is 0 Å². The maximum atomic E-state index is 8.71. The Kier molecular flexibility index (Phi) is 3.12. The largest absolute Gasteiger partial charge is 0.395 e. The van der Waals surface area contributed by atoms with Crippen LogP contribution in [0.2, 0.25) is 0 Å². The Morgan fingerprint density at radius 2 is 2.50 bits per heavy atom. The first-order valence-corrected chi connectivity index (χ1v) is 3.78. The van der Waals surface area contributed by atoms with Crippen LogP contribution in [-0.4, -0.2) is 31.0 Å². The van der Waals surface area contributed by atoms with Gasteiger partial charge in [-0.1, -0.05) is 0 Å². The Hall–Kier alpha value is -0.120. The molecule has 0 saturated carbocycles. The van der Waals surface area contributed by atoms with Crippen LogP contribution < -0.4 is 5.73 Å². The summed E-state index contributed by atoms with van der Waals surface area (Å²) in [5.41, 5.74) is 5.62. The van der Waals surface area contributed by atoms with E-state index in [-0.39, 0.29) is 12.6 Å². The second-order valence-corrected chi connectivity index (χ2v) is 2.82. The molecule has 1 saturated heterocycles. The molecule has 0 spiro atoms. The first kappa shape index (κ1) is 7.98. The van der Waals surface area contributed by atoms with Crippen molar-refractivity contribution in [2.24, 2.45) is 11.7 Å². The Morgan fingerprint density at radius 1 is 1.70 bits per heavy atom. The maximum Gasteiger partial charge on any atom is 0.0586 e. The molecule has 3 nitrogen and oxygen atoms in total. The lowest BCUT2D eigenvalue weighted by Crippen LogP contribution is -2.38. The molecule has 1 unspecified atom stereocenters. The summed E-state index contributed by atoms with van der Waals surface area (Å²) in [4.78, 5) is 0. The zero-order chi connectivity index (χ0) is 7.40. The molecule has 3 N–H and O–H groups in total. The third-order valence-corrected chi connectivity index (χ3v) is 2.01. The van der Waals surface area contributed by atoms with E-state index in [0.717, 1.165) is 26.1 Å². The molecule has 3 heteroatoms. The average Bonchev–Trinajstić information content (AvgIpc) is 2.05. The molecule has 0 amide bonds. The van der Waals surface area contributed by atoms with Crippen molar-refractivity contribution in [3.63, 3.8) is 0 Å². The van der Waals surface area contributed by atoms with E-state index < -0.39 is 0 Å². The first-order chi connectivity index (χ1) is 4.84. The van der Waals surface area contributed by atoms with Gasteiger partial charge in [0.15, 0.2) is 0 Å². The lowest BCUT2D eigenvalue weighted by molar-refractivity contribution is 0.0358. The zero-order valence-electron chi connectivity index (χ0n) is 6.12. The zero-order valence-corrected chi connectivity index (χ0v) is 6.12. The minimum atomic E-state index is -0.0831. The summed E-state index contributed by atoms with van der Waals surface area (Å²) in [6, 6.07) is -0.0831. The molecule has 1 heterocycles. The summed E-state index contributed by atoms with van der Waals surface area (Å²) in [5, 5.41) is 8.71. The van der Waals surface area contributed by atoms with Crippen LogP contribution in [0.4, 0.5) is 0 Å². The van der Waals surface area contributed by atoms with Crippen molar-refractivity contribution in [3.8, 4) is 0 Å². The van der Waals surface area contributed by atoms with Crippen LogP contribution in [0.1, 0.15) is 12.8 Å². The van der Waals surface area contributed by atoms with Gasteiger partial charge in [0.05, 0.1) is 13.2 Å². The molecule has 10 heavy (non-hydrogen) atoms. The van der Waals surface area contributed by atoms with Crippen LogP contribution in [0, 0.1) is 5.92 Å². The van der Waals surface area contributed by atoms with Crippen LogP contribution in [0.3, 0.4) is 0 Å². The SMILES string of the molecule is N[C@H](CO)C1CCCOC1. The normalized spacial score (nSPS) is 30.0. The molecular weight excluding hydrogens is 130 g/mol. The molecule has 0 aromatic heterocycles. The molecule has 1 rings (SSSR count). The second kappa shape index (κ2) is 3.91. The van der Waals surface area contributed by atoms with E-state index in [1.165, 1.54) is 0 Å². The van der Waals surface area contributed by atoms with Crippen molar-refractivity contribution in [3.05, 3.63) is 0 Å². The second-order valence-electron chi connectivity index (χ2n) is 2.82. The number of ether oxygens (including phenoxy) is 1. The predicted octanol–water partition coefficient (Wildman–Crippen LogP) is -0.267. The third kappa shape index (κ3) is 1.94. The predicted molar refractivity (Wildman–Crippen MR) is 38.6 cm³/mol. The topological polar surface area (TPSA) is 55.5 Å². The van der Waals surface area contributed by atoms with Gasteiger partial charge in [-0.05, 0) is 18.8 Å². The van der Waals surface area contributed by atoms with Crippen molar-refractivity contribution >= 4 is 0 Å². The monoisotopic (exact) mass is 145 g/mol. The number of hydrogen-bond acceptors (Lipinski definition) is 3. The fourth-order valence-corrected chi connectivity index (χ4v) is 1.25. The summed E-state index contributed by atoms with van der Waals surface area (Å²) in [7, 11) is 0. The van der Waals surface area contributed by atoms with Crippen LogP contribution in [-0.2, 0) is 4.74 Å². The van der Waals surface area contributed by atoms with Gasteiger partial charge in [-0.25, -0.2) is 0 Å². The third-order valence-electron chi connectivity index (χ3n) is 2.01. The van der Waals surface area contributed by atoms with E-state index in [2.05, 4.69) is 0 Å². The number of hydrogen-bond donors (Lipinski definition) is 2. The Balaban J connectivity index is 2.24. The molecule has 1 fully saturated rings. The highest BCUT2D eigenvalue weighted by molar-refractivity contribution is 4.73. The van der Waals surface area contributed by atoms with Crippen LogP contribution in [0.25, 0.3) is 0 Å². The van der Waals surface area contributed by atoms with Crippen LogP contribution in [0.5, 0.6) is 0 Å². The highest BCUT2D eigenvalue weighted by atomic mass is 16.5. The van der Waals surface area contributed by atoms with Gasteiger partial charge in [0.1, 0.15) is 0 Å². The molecule has 2 atom stereocenters. The minimum Gasteiger partial charge on any atom is -0.395 e. The number of rotatable bonds is 2. The minimum absolute atomic E-state index is 0.0774. The molecular formula is C7H15NO2.